The Labute approximate surface area is 106 Å². The predicted molar refractivity (Wildman–Crippen MR) is 49.8 cm³/mol. The third-order valence-corrected chi connectivity index (χ3v) is 2.03. The van der Waals surface area contributed by atoms with Crippen molar-refractivity contribution in [2.24, 2.45) is 0 Å². The highest BCUT2D eigenvalue weighted by Crippen LogP contribution is 2.39. The molecule has 0 saturated heterocycles. The molecule has 0 aliphatic rings. The van der Waals surface area contributed by atoms with Gasteiger partial charge in [-0.3, -0.25) is 0 Å². The second-order valence-electron chi connectivity index (χ2n) is 2.81. The van der Waals surface area contributed by atoms with Crippen LogP contribution in [0.25, 0.3) is 0 Å². The standard InChI is InChI=1S/C8H2Cl2F6O2/c9-3-1-5(17-7(11,12)13)4(10)2-6(3)18-8(14,15)16/h1-2H. The van der Waals surface area contributed by atoms with Crippen LogP contribution in [0, 0.1) is 0 Å². The molecule has 0 aromatic heterocycles. The first-order valence-corrected chi connectivity index (χ1v) is 4.74. The molecule has 0 fully saturated rings. The van der Waals surface area contributed by atoms with Gasteiger partial charge >= 0.3 is 12.7 Å². The minimum atomic E-state index is -5.04. The van der Waals surface area contributed by atoms with E-state index in [2.05, 4.69) is 9.47 Å². The maximum atomic E-state index is 11.9. The van der Waals surface area contributed by atoms with Gasteiger partial charge in [-0.2, -0.15) is 0 Å². The molecule has 0 heterocycles. The van der Waals surface area contributed by atoms with E-state index in [4.69, 9.17) is 23.2 Å². The molecule has 1 aromatic rings. The van der Waals surface area contributed by atoms with Crippen LogP contribution in [0.2, 0.25) is 10.0 Å². The van der Waals surface area contributed by atoms with Crippen LogP contribution in [0.15, 0.2) is 12.1 Å². The first-order chi connectivity index (χ1) is 7.98. The van der Waals surface area contributed by atoms with E-state index < -0.39 is 34.3 Å². The Balaban J connectivity index is 3.05. The molecule has 0 amide bonds. The van der Waals surface area contributed by atoms with E-state index >= 15 is 0 Å². The number of alkyl halides is 6. The average molecular weight is 315 g/mol. The molecule has 0 atom stereocenters. The summed E-state index contributed by atoms with van der Waals surface area (Å²) in [5.74, 6) is -1.85. The third-order valence-electron chi connectivity index (χ3n) is 1.44. The molecule has 102 valence electrons. The summed E-state index contributed by atoms with van der Waals surface area (Å²) in [6.45, 7) is 0. The molecule has 0 N–H and O–H groups in total. The van der Waals surface area contributed by atoms with Gasteiger partial charge in [0.2, 0.25) is 0 Å². The lowest BCUT2D eigenvalue weighted by Crippen LogP contribution is -2.19. The summed E-state index contributed by atoms with van der Waals surface area (Å²) in [6, 6.07) is 0.941. The Morgan fingerprint density at radius 2 is 1.00 bits per heavy atom. The molecule has 18 heavy (non-hydrogen) atoms. The van der Waals surface area contributed by atoms with E-state index in [0.29, 0.717) is 12.1 Å². The van der Waals surface area contributed by atoms with Gasteiger partial charge in [-0.05, 0) is 0 Å². The Kier molecular flexibility index (Phi) is 4.12. The number of hydrogen-bond donors (Lipinski definition) is 0. The van der Waals surface area contributed by atoms with Crippen molar-refractivity contribution in [1.29, 1.82) is 0 Å². The van der Waals surface area contributed by atoms with Crippen molar-refractivity contribution >= 4 is 23.2 Å². The molecule has 0 unspecified atom stereocenters. The van der Waals surface area contributed by atoms with Crippen LogP contribution < -0.4 is 9.47 Å². The molecule has 2 nitrogen and oxygen atoms in total. The SMILES string of the molecule is FC(F)(F)Oc1cc(Cl)c(OC(F)(F)F)cc1Cl. The summed E-state index contributed by atoms with van der Waals surface area (Å²) in [7, 11) is 0. The predicted octanol–water partition coefficient (Wildman–Crippen LogP) is 4.79. The van der Waals surface area contributed by atoms with Crippen molar-refractivity contribution in [3.05, 3.63) is 22.2 Å². The molecule has 10 heteroatoms. The molecular weight excluding hydrogens is 313 g/mol. The van der Waals surface area contributed by atoms with E-state index in [9.17, 15) is 26.3 Å². The number of ether oxygens (including phenoxy) is 2. The summed E-state index contributed by atoms with van der Waals surface area (Å²) < 4.78 is 78.2. The number of halogens is 8. The molecular formula is C8H2Cl2F6O2. The van der Waals surface area contributed by atoms with Crippen LogP contribution in [0.4, 0.5) is 26.3 Å². The lowest BCUT2D eigenvalue weighted by Gasteiger charge is -2.14. The van der Waals surface area contributed by atoms with Gasteiger partial charge in [-0.25, -0.2) is 0 Å². The largest absolute Gasteiger partial charge is 0.573 e. The first kappa shape index (κ1) is 15.0. The monoisotopic (exact) mass is 314 g/mol. The van der Waals surface area contributed by atoms with Crippen LogP contribution in [0.3, 0.4) is 0 Å². The summed E-state index contributed by atoms with van der Waals surface area (Å²) in [5, 5.41) is -1.45. The van der Waals surface area contributed by atoms with Gasteiger partial charge in [0.1, 0.15) is 11.5 Å². The summed E-state index contributed by atoms with van der Waals surface area (Å²) in [4.78, 5) is 0. The Morgan fingerprint density at radius 3 is 1.22 bits per heavy atom. The molecule has 0 radical (unpaired) electrons. The highest BCUT2D eigenvalue weighted by Gasteiger charge is 2.34. The van der Waals surface area contributed by atoms with E-state index in [1.807, 2.05) is 0 Å². The summed E-state index contributed by atoms with van der Waals surface area (Å²) >= 11 is 10.6. The van der Waals surface area contributed by atoms with Gasteiger partial charge in [0.15, 0.2) is 0 Å². The van der Waals surface area contributed by atoms with Gasteiger partial charge < -0.3 is 9.47 Å². The number of hydrogen-bond acceptors (Lipinski definition) is 2. The van der Waals surface area contributed by atoms with Gasteiger partial charge in [0.05, 0.1) is 10.0 Å². The van der Waals surface area contributed by atoms with Crippen LogP contribution in [0.5, 0.6) is 11.5 Å². The van der Waals surface area contributed by atoms with Crippen molar-refractivity contribution in [3.8, 4) is 11.5 Å². The molecule has 1 aromatic carbocycles. The second-order valence-corrected chi connectivity index (χ2v) is 3.62. The number of benzene rings is 1. The zero-order chi connectivity index (χ0) is 14.1. The zero-order valence-corrected chi connectivity index (χ0v) is 9.51. The Hall–Kier alpha value is -1.02. The fourth-order valence-corrected chi connectivity index (χ4v) is 1.30. The molecule has 0 bridgehead atoms. The highest BCUT2D eigenvalue weighted by atomic mass is 35.5. The van der Waals surface area contributed by atoms with E-state index in [0.717, 1.165) is 0 Å². The molecule has 0 aliphatic heterocycles. The van der Waals surface area contributed by atoms with Crippen LogP contribution in [-0.2, 0) is 0 Å². The average Bonchev–Trinajstić information content (AvgIpc) is 2.08. The van der Waals surface area contributed by atoms with Gasteiger partial charge in [0, 0.05) is 12.1 Å². The van der Waals surface area contributed by atoms with Gasteiger partial charge in [0.25, 0.3) is 0 Å². The lowest BCUT2D eigenvalue weighted by molar-refractivity contribution is -0.276. The quantitative estimate of drug-likeness (QED) is 0.731. The Morgan fingerprint density at radius 1 is 0.722 bits per heavy atom. The van der Waals surface area contributed by atoms with E-state index in [1.54, 1.807) is 0 Å². The van der Waals surface area contributed by atoms with Crippen molar-refractivity contribution in [2.75, 3.05) is 0 Å². The van der Waals surface area contributed by atoms with Crippen LogP contribution in [-0.4, -0.2) is 12.7 Å². The van der Waals surface area contributed by atoms with E-state index in [1.165, 1.54) is 0 Å². The van der Waals surface area contributed by atoms with Crippen molar-refractivity contribution < 1.29 is 35.8 Å². The second kappa shape index (κ2) is 4.93. The van der Waals surface area contributed by atoms with Gasteiger partial charge in [-0.15, -0.1) is 26.3 Å². The molecule has 0 aliphatic carbocycles. The third kappa shape index (κ3) is 4.69. The zero-order valence-electron chi connectivity index (χ0n) is 7.99. The minimum absolute atomic E-state index is 0.471. The Bertz CT molecular complexity index is 401. The topological polar surface area (TPSA) is 18.5 Å². The maximum Gasteiger partial charge on any atom is 0.573 e. The van der Waals surface area contributed by atoms with E-state index in [-0.39, 0.29) is 0 Å². The van der Waals surface area contributed by atoms with Crippen LogP contribution in [0.1, 0.15) is 0 Å². The van der Waals surface area contributed by atoms with Crippen molar-refractivity contribution in [3.63, 3.8) is 0 Å². The maximum absolute atomic E-state index is 11.9. The normalized spacial score (nSPS) is 12.4. The highest BCUT2D eigenvalue weighted by molar-refractivity contribution is 6.35. The van der Waals surface area contributed by atoms with Crippen LogP contribution >= 0.6 is 23.2 Å². The van der Waals surface area contributed by atoms with Crippen molar-refractivity contribution in [1.82, 2.24) is 0 Å². The fourth-order valence-electron chi connectivity index (χ4n) is 0.916. The molecule has 1 rings (SSSR count). The summed E-state index contributed by atoms with van der Waals surface area (Å²) in [5.41, 5.74) is 0. The minimum Gasteiger partial charge on any atom is -0.404 e. The lowest BCUT2D eigenvalue weighted by atomic mass is 10.3. The number of rotatable bonds is 2. The molecule has 0 saturated carbocycles. The summed E-state index contributed by atoms with van der Waals surface area (Å²) in [6.07, 6.45) is -10.1. The molecule has 0 spiro atoms. The smallest absolute Gasteiger partial charge is 0.404 e. The first-order valence-electron chi connectivity index (χ1n) is 3.98. The van der Waals surface area contributed by atoms with Gasteiger partial charge in [-0.1, -0.05) is 23.2 Å². The fraction of sp³-hybridized carbons (Fsp3) is 0.250. The van der Waals surface area contributed by atoms with Crippen molar-refractivity contribution in [2.45, 2.75) is 12.7 Å².